The molecule has 3 aliphatic rings. The molecule has 48 heavy (non-hydrogen) atoms. The second-order valence-electron chi connectivity index (χ2n) is 14.3. The summed E-state index contributed by atoms with van der Waals surface area (Å²) < 4.78 is 91.7. The third kappa shape index (κ3) is 7.14. The minimum atomic E-state index is -4.58. The van der Waals surface area contributed by atoms with E-state index in [4.69, 9.17) is 9.72 Å². The molecule has 260 valence electrons. The number of halogens is 6. The fraction of sp³-hybridized carbons (Fsp3) is 0.583. The van der Waals surface area contributed by atoms with Crippen molar-refractivity contribution in [3.05, 3.63) is 75.9 Å². The second kappa shape index (κ2) is 13.1. The van der Waals surface area contributed by atoms with Gasteiger partial charge in [0.05, 0.1) is 36.4 Å². The Morgan fingerprint density at radius 1 is 0.958 bits per heavy atom. The summed E-state index contributed by atoms with van der Waals surface area (Å²) >= 11 is 0. The van der Waals surface area contributed by atoms with Crippen molar-refractivity contribution in [1.82, 2.24) is 15.0 Å². The molecule has 1 aliphatic heterocycles. The number of pyridine rings is 1. The number of hydrogen-bond acceptors (Lipinski definition) is 6. The van der Waals surface area contributed by atoms with Gasteiger partial charge < -0.3 is 14.7 Å². The van der Waals surface area contributed by atoms with Crippen LogP contribution in [-0.2, 0) is 12.6 Å². The number of aliphatic hydroxyl groups excluding tert-OH is 1. The summed E-state index contributed by atoms with van der Waals surface area (Å²) in [5, 5.41) is 11.6. The van der Waals surface area contributed by atoms with Gasteiger partial charge in [0.25, 0.3) is 0 Å². The van der Waals surface area contributed by atoms with Gasteiger partial charge in [-0.25, -0.2) is 23.1 Å². The summed E-state index contributed by atoms with van der Waals surface area (Å²) in [6.45, 7) is 7.53. The molecule has 12 heteroatoms. The van der Waals surface area contributed by atoms with Crippen LogP contribution in [0.1, 0.15) is 129 Å². The SMILES string of the molecule is CCOc1cnc(N2CCC(c3nc4c(c(C5CCC(F)(F)CC5)c3C(F)c3ccc(C(F)(F)F)cc3)C(O)CC(C)(C)C4)CC2)nc1. The maximum Gasteiger partial charge on any atom is 0.416 e. The molecule has 3 heterocycles. The highest BCUT2D eigenvalue weighted by atomic mass is 19.4. The van der Waals surface area contributed by atoms with Crippen LogP contribution in [0.2, 0.25) is 0 Å². The van der Waals surface area contributed by atoms with Crippen molar-refractivity contribution in [2.24, 2.45) is 5.41 Å². The number of aliphatic hydroxyl groups is 1. The molecule has 2 aromatic heterocycles. The first-order chi connectivity index (χ1) is 22.7. The molecular formula is C36H42F6N4O2. The van der Waals surface area contributed by atoms with Gasteiger partial charge in [0.2, 0.25) is 11.9 Å². The van der Waals surface area contributed by atoms with Crippen molar-refractivity contribution < 1.29 is 36.2 Å². The van der Waals surface area contributed by atoms with E-state index in [9.17, 15) is 27.1 Å². The van der Waals surface area contributed by atoms with Crippen LogP contribution in [0, 0.1) is 5.41 Å². The summed E-state index contributed by atoms with van der Waals surface area (Å²) in [7, 11) is 0. The molecule has 2 unspecified atom stereocenters. The van der Waals surface area contributed by atoms with Crippen LogP contribution < -0.4 is 9.64 Å². The van der Waals surface area contributed by atoms with E-state index in [0.717, 1.165) is 24.3 Å². The quantitative estimate of drug-likeness (QED) is 0.252. The van der Waals surface area contributed by atoms with Crippen molar-refractivity contribution in [2.45, 2.75) is 108 Å². The lowest BCUT2D eigenvalue weighted by Crippen LogP contribution is -2.36. The van der Waals surface area contributed by atoms with Crippen LogP contribution in [-0.4, -0.2) is 45.7 Å². The third-order valence-electron chi connectivity index (χ3n) is 10.1. The second-order valence-corrected chi connectivity index (χ2v) is 14.3. The molecule has 2 fully saturated rings. The molecule has 1 saturated heterocycles. The molecule has 1 N–H and O–H groups in total. The zero-order valence-corrected chi connectivity index (χ0v) is 27.5. The van der Waals surface area contributed by atoms with Crippen molar-refractivity contribution >= 4 is 5.95 Å². The van der Waals surface area contributed by atoms with E-state index in [-0.39, 0.29) is 48.1 Å². The lowest BCUT2D eigenvalue weighted by Gasteiger charge is -2.41. The van der Waals surface area contributed by atoms with E-state index < -0.39 is 35.9 Å². The van der Waals surface area contributed by atoms with Gasteiger partial charge in [0, 0.05) is 48.7 Å². The minimum Gasteiger partial charge on any atom is -0.491 e. The topological polar surface area (TPSA) is 71.4 Å². The van der Waals surface area contributed by atoms with Crippen LogP contribution in [0.3, 0.4) is 0 Å². The lowest BCUT2D eigenvalue weighted by molar-refractivity contribution is -0.137. The Kier molecular flexibility index (Phi) is 9.43. The number of nitrogens with zero attached hydrogens (tertiary/aromatic N) is 4. The zero-order chi connectivity index (χ0) is 34.4. The predicted molar refractivity (Wildman–Crippen MR) is 169 cm³/mol. The van der Waals surface area contributed by atoms with Crippen LogP contribution >= 0.6 is 0 Å². The molecule has 2 atom stereocenters. The van der Waals surface area contributed by atoms with Crippen LogP contribution in [0.25, 0.3) is 0 Å². The summed E-state index contributed by atoms with van der Waals surface area (Å²) in [6, 6.07) is 4.00. The van der Waals surface area contributed by atoms with E-state index in [1.807, 2.05) is 25.7 Å². The largest absolute Gasteiger partial charge is 0.491 e. The minimum absolute atomic E-state index is 0.0271. The molecule has 6 nitrogen and oxygen atoms in total. The molecule has 2 aliphatic carbocycles. The van der Waals surface area contributed by atoms with Gasteiger partial charge in [-0.2, -0.15) is 13.2 Å². The van der Waals surface area contributed by atoms with Crippen LogP contribution in [0.15, 0.2) is 36.7 Å². The summed E-state index contributed by atoms with van der Waals surface area (Å²) in [6.07, 6.45) is -2.62. The van der Waals surface area contributed by atoms with Gasteiger partial charge in [-0.3, -0.25) is 4.98 Å². The molecule has 0 spiro atoms. The molecule has 1 saturated carbocycles. The molecule has 3 aromatic rings. The van der Waals surface area contributed by atoms with Gasteiger partial charge in [-0.15, -0.1) is 0 Å². The first kappa shape index (κ1) is 34.5. The monoisotopic (exact) mass is 676 g/mol. The zero-order valence-electron chi connectivity index (χ0n) is 27.5. The van der Waals surface area contributed by atoms with E-state index in [2.05, 4.69) is 9.97 Å². The number of fused-ring (bicyclic) bond motifs is 1. The summed E-state index contributed by atoms with van der Waals surface area (Å²) in [4.78, 5) is 16.0. The Labute approximate surface area is 277 Å². The average Bonchev–Trinajstić information content (AvgIpc) is 3.03. The smallest absolute Gasteiger partial charge is 0.416 e. The number of ether oxygens (including phenoxy) is 1. The van der Waals surface area contributed by atoms with Gasteiger partial charge in [-0.1, -0.05) is 26.0 Å². The molecule has 0 bridgehead atoms. The number of rotatable bonds is 7. The lowest BCUT2D eigenvalue weighted by atomic mass is 9.68. The number of benzene rings is 1. The van der Waals surface area contributed by atoms with Gasteiger partial charge in [0.15, 0.2) is 11.9 Å². The molecule has 0 radical (unpaired) electrons. The number of aromatic nitrogens is 3. The Morgan fingerprint density at radius 2 is 1.58 bits per heavy atom. The van der Waals surface area contributed by atoms with Crippen molar-refractivity contribution in [3.63, 3.8) is 0 Å². The van der Waals surface area contributed by atoms with Gasteiger partial charge in [-0.05, 0) is 80.0 Å². The Balaban J connectivity index is 1.44. The fourth-order valence-corrected chi connectivity index (χ4v) is 7.78. The van der Waals surface area contributed by atoms with Crippen LogP contribution in [0.4, 0.5) is 32.3 Å². The summed E-state index contributed by atoms with van der Waals surface area (Å²) in [5.74, 6) is -2.39. The standard InChI is InChI=1S/C36H42F6N4O2/c1-4-48-25-19-43-33(44-20-25)46-15-11-23(12-16-46)32-30(31(37)22-5-7-24(8-6-22)36(40,41)42)28(21-9-13-35(38,39)14-10-21)29-26(45-32)17-34(2,3)18-27(29)47/h5-8,19-21,23,27,31,47H,4,9-18H2,1-3H3. The number of hydrogen-bond donors (Lipinski definition) is 1. The van der Waals surface area contributed by atoms with Crippen molar-refractivity contribution in [2.75, 3.05) is 24.6 Å². The van der Waals surface area contributed by atoms with Crippen molar-refractivity contribution in [3.8, 4) is 5.75 Å². The van der Waals surface area contributed by atoms with E-state index in [0.29, 0.717) is 79.6 Å². The van der Waals surface area contributed by atoms with Gasteiger partial charge in [0.1, 0.15) is 0 Å². The highest BCUT2D eigenvalue weighted by molar-refractivity contribution is 5.51. The fourth-order valence-electron chi connectivity index (χ4n) is 7.78. The van der Waals surface area contributed by atoms with Gasteiger partial charge >= 0.3 is 6.18 Å². The predicted octanol–water partition coefficient (Wildman–Crippen LogP) is 9.03. The molecular weight excluding hydrogens is 634 g/mol. The maximum atomic E-state index is 17.2. The Hall–Kier alpha value is -3.41. The molecule has 0 amide bonds. The first-order valence-corrected chi connectivity index (χ1v) is 16.8. The number of alkyl halides is 6. The normalized spacial score (nSPS) is 22.3. The number of anilines is 1. The Bertz CT molecular complexity index is 1580. The van der Waals surface area contributed by atoms with Crippen LogP contribution in [0.5, 0.6) is 5.75 Å². The van der Waals surface area contributed by atoms with E-state index in [1.54, 1.807) is 12.4 Å². The van der Waals surface area contributed by atoms with Crippen molar-refractivity contribution in [1.29, 1.82) is 0 Å². The highest BCUT2D eigenvalue weighted by Crippen LogP contribution is 2.52. The number of piperidine rings is 1. The maximum absolute atomic E-state index is 17.2. The summed E-state index contributed by atoms with van der Waals surface area (Å²) in [5.41, 5.74) is 1.26. The Morgan fingerprint density at radius 3 is 2.17 bits per heavy atom. The first-order valence-electron chi connectivity index (χ1n) is 16.8. The average molecular weight is 677 g/mol. The van der Waals surface area contributed by atoms with E-state index >= 15 is 4.39 Å². The molecule has 6 rings (SSSR count). The third-order valence-corrected chi connectivity index (χ3v) is 10.1. The van der Waals surface area contributed by atoms with E-state index in [1.165, 1.54) is 0 Å². The molecule has 1 aromatic carbocycles. The highest BCUT2D eigenvalue weighted by Gasteiger charge is 2.43.